The van der Waals surface area contributed by atoms with Gasteiger partial charge in [-0.1, -0.05) is 69.4 Å². The molecule has 0 aromatic heterocycles. The fourth-order valence-corrected chi connectivity index (χ4v) is 3.21. The maximum atomic E-state index is 4.61. The van der Waals surface area contributed by atoms with Gasteiger partial charge in [0, 0.05) is 12.5 Å². The topological polar surface area (TPSA) is 12.4 Å². The molecule has 0 amide bonds. The number of fused-ring (bicyclic) bond motifs is 1. The van der Waals surface area contributed by atoms with E-state index in [0.29, 0.717) is 0 Å². The lowest BCUT2D eigenvalue weighted by atomic mass is 10.0. The Bertz CT molecular complexity index is 303. The summed E-state index contributed by atoms with van der Waals surface area (Å²) in [5.41, 5.74) is 1.69. The summed E-state index contributed by atoms with van der Waals surface area (Å²) in [4.78, 5) is 4.61. The molecule has 1 aliphatic carbocycles. The highest BCUT2D eigenvalue weighted by Gasteiger charge is 2.27. The van der Waals surface area contributed by atoms with Crippen LogP contribution in [0.5, 0.6) is 0 Å². The first-order chi connectivity index (χ1) is 9.97. The van der Waals surface area contributed by atoms with Gasteiger partial charge in [-0.15, -0.1) is 0 Å². The lowest BCUT2D eigenvalue weighted by Gasteiger charge is -2.02. The summed E-state index contributed by atoms with van der Waals surface area (Å²) in [6.07, 6.45) is 24.3. The highest BCUT2D eigenvalue weighted by Crippen LogP contribution is 2.38. The van der Waals surface area contributed by atoms with Gasteiger partial charge in [-0.2, -0.15) is 0 Å². The molecule has 2 aliphatic rings. The molecular weight excluding hydrogens is 242 g/mol. The molecule has 2 rings (SSSR count). The quantitative estimate of drug-likeness (QED) is 0.474. The van der Waals surface area contributed by atoms with Gasteiger partial charge in [-0.3, -0.25) is 4.99 Å². The molecule has 0 spiro atoms. The Morgan fingerprint density at radius 1 is 0.700 bits per heavy atom. The summed E-state index contributed by atoms with van der Waals surface area (Å²) < 4.78 is 0. The zero-order valence-corrected chi connectivity index (χ0v) is 13.3. The van der Waals surface area contributed by atoms with Gasteiger partial charge in [-0.25, -0.2) is 0 Å². The smallest absolute Gasteiger partial charge is 0.0453 e. The van der Waals surface area contributed by atoms with E-state index in [-0.39, 0.29) is 0 Å². The Kier molecular flexibility index (Phi) is 8.04. The first kappa shape index (κ1) is 15.8. The van der Waals surface area contributed by atoms with E-state index in [9.17, 15) is 0 Å². The molecule has 1 heteroatoms. The zero-order chi connectivity index (χ0) is 13.9. The third-order valence-corrected chi connectivity index (χ3v) is 4.75. The van der Waals surface area contributed by atoms with Crippen LogP contribution in [-0.4, -0.2) is 12.8 Å². The van der Waals surface area contributed by atoms with Gasteiger partial charge in [0.05, 0.1) is 0 Å². The van der Waals surface area contributed by atoms with Crippen LogP contribution in [0.1, 0.15) is 89.9 Å². The van der Waals surface area contributed by atoms with Gasteiger partial charge < -0.3 is 0 Å². The van der Waals surface area contributed by atoms with Crippen molar-refractivity contribution >= 4 is 6.21 Å². The predicted molar refractivity (Wildman–Crippen MR) is 89.6 cm³/mol. The second-order valence-electron chi connectivity index (χ2n) is 6.69. The van der Waals surface area contributed by atoms with Gasteiger partial charge in [-0.05, 0) is 38.3 Å². The van der Waals surface area contributed by atoms with E-state index in [2.05, 4.69) is 17.3 Å². The largest absolute Gasteiger partial charge is 0.297 e. The highest BCUT2D eigenvalue weighted by molar-refractivity contribution is 5.57. The number of allylic oxidation sites excluding steroid dienone is 1. The van der Waals surface area contributed by atoms with Crippen molar-refractivity contribution in [3.05, 3.63) is 11.6 Å². The molecule has 114 valence electrons. The van der Waals surface area contributed by atoms with Crippen LogP contribution in [0.4, 0.5) is 0 Å². The molecule has 20 heavy (non-hydrogen) atoms. The summed E-state index contributed by atoms with van der Waals surface area (Å²) in [5.74, 6) is 0.813. The standard InChI is InChI=1S/C19H33N/c1-2-4-6-8-10-12-14-18-16-19(18)17-20-15-13-11-9-7-5-3-1/h14-15,19H,1-13,16-17H2/b18-14-,20-15-. The third kappa shape index (κ3) is 7.26. The van der Waals surface area contributed by atoms with Crippen LogP contribution in [0, 0.1) is 5.92 Å². The van der Waals surface area contributed by atoms with E-state index in [1.54, 1.807) is 5.57 Å². The van der Waals surface area contributed by atoms with Gasteiger partial charge in [0.1, 0.15) is 0 Å². The Hall–Kier alpha value is -0.590. The molecule has 0 aromatic rings. The van der Waals surface area contributed by atoms with Crippen molar-refractivity contribution in [3.63, 3.8) is 0 Å². The molecule has 0 radical (unpaired) electrons. The summed E-state index contributed by atoms with van der Waals surface area (Å²) in [6, 6.07) is 0. The highest BCUT2D eigenvalue weighted by atomic mass is 14.7. The van der Waals surface area contributed by atoms with E-state index in [4.69, 9.17) is 0 Å². The predicted octanol–water partition coefficient (Wildman–Crippen LogP) is 6.09. The Balaban J connectivity index is 1.64. The average molecular weight is 275 g/mol. The Morgan fingerprint density at radius 3 is 1.90 bits per heavy atom. The van der Waals surface area contributed by atoms with Crippen LogP contribution >= 0.6 is 0 Å². The van der Waals surface area contributed by atoms with Crippen LogP contribution in [-0.2, 0) is 0 Å². The minimum Gasteiger partial charge on any atom is -0.297 e. The maximum absolute atomic E-state index is 4.61. The monoisotopic (exact) mass is 275 g/mol. The summed E-state index contributed by atoms with van der Waals surface area (Å²) >= 11 is 0. The molecular formula is C19H33N. The molecule has 0 N–H and O–H groups in total. The SMILES string of the molecule is C1=N\CC2C/C2=C/CCCCCCCCCCCCC/1. The number of aliphatic imine (C=N–C) groups is 1. The fraction of sp³-hybridized carbons (Fsp3) is 0.842. The molecule has 1 aliphatic heterocycles. The van der Waals surface area contributed by atoms with Crippen molar-refractivity contribution in [2.24, 2.45) is 10.9 Å². The van der Waals surface area contributed by atoms with Crippen molar-refractivity contribution in [1.29, 1.82) is 0 Å². The summed E-state index contributed by atoms with van der Waals surface area (Å²) in [5, 5.41) is 0. The number of rotatable bonds is 0. The molecule has 1 saturated carbocycles. The number of nitrogens with zero attached hydrogens (tertiary/aromatic N) is 1. The Morgan fingerprint density at radius 2 is 1.25 bits per heavy atom. The van der Waals surface area contributed by atoms with E-state index in [1.165, 1.54) is 89.9 Å². The Labute approximate surface area is 126 Å². The molecule has 0 aromatic carbocycles. The van der Waals surface area contributed by atoms with Crippen LogP contribution < -0.4 is 0 Å². The first-order valence-electron chi connectivity index (χ1n) is 9.14. The average Bonchev–Trinajstić information content (AvgIpc) is 3.20. The number of hydrogen-bond donors (Lipinski definition) is 0. The second kappa shape index (κ2) is 10.2. The molecule has 0 bridgehead atoms. The molecule has 1 unspecified atom stereocenters. The van der Waals surface area contributed by atoms with E-state index in [1.807, 2.05) is 0 Å². The van der Waals surface area contributed by atoms with Crippen LogP contribution in [0.15, 0.2) is 16.6 Å². The molecule has 1 fully saturated rings. The van der Waals surface area contributed by atoms with Gasteiger partial charge in [0.15, 0.2) is 0 Å². The molecule has 0 saturated heterocycles. The summed E-state index contributed by atoms with van der Waals surface area (Å²) in [7, 11) is 0. The molecule has 1 nitrogen and oxygen atoms in total. The lowest BCUT2D eigenvalue weighted by molar-refractivity contribution is 0.548. The van der Waals surface area contributed by atoms with E-state index in [0.717, 1.165) is 12.5 Å². The maximum Gasteiger partial charge on any atom is 0.0453 e. The minimum absolute atomic E-state index is 0.813. The van der Waals surface area contributed by atoms with Crippen LogP contribution in [0.2, 0.25) is 0 Å². The zero-order valence-electron chi connectivity index (χ0n) is 13.3. The van der Waals surface area contributed by atoms with Crippen molar-refractivity contribution in [1.82, 2.24) is 0 Å². The second-order valence-corrected chi connectivity index (χ2v) is 6.69. The van der Waals surface area contributed by atoms with Crippen LogP contribution in [0.3, 0.4) is 0 Å². The van der Waals surface area contributed by atoms with E-state index < -0.39 is 0 Å². The van der Waals surface area contributed by atoms with Crippen molar-refractivity contribution in [3.8, 4) is 0 Å². The normalized spacial score (nSPS) is 31.8. The van der Waals surface area contributed by atoms with Crippen molar-refractivity contribution in [2.45, 2.75) is 89.9 Å². The minimum atomic E-state index is 0.813. The molecule has 1 atom stereocenters. The van der Waals surface area contributed by atoms with Crippen molar-refractivity contribution in [2.75, 3.05) is 6.54 Å². The van der Waals surface area contributed by atoms with Crippen molar-refractivity contribution < 1.29 is 0 Å². The van der Waals surface area contributed by atoms with Crippen LogP contribution in [0.25, 0.3) is 0 Å². The number of hydrogen-bond acceptors (Lipinski definition) is 1. The third-order valence-electron chi connectivity index (χ3n) is 4.75. The van der Waals surface area contributed by atoms with Gasteiger partial charge in [0.2, 0.25) is 0 Å². The molecule has 1 heterocycles. The van der Waals surface area contributed by atoms with Gasteiger partial charge >= 0.3 is 0 Å². The van der Waals surface area contributed by atoms with Gasteiger partial charge in [0.25, 0.3) is 0 Å². The van der Waals surface area contributed by atoms with E-state index >= 15 is 0 Å². The summed E-state index contributed by atoms with van der Waals surface area (Å²) in [6.45, 7) is 1.06. The first-order valence-corrected chi connectivity index (χ1v) is 9.14. The lowest BCUT2D eigenvalue weighted by Crippen LogP contribution is -1.86. The fourth-order valence-electron chi connectivity index (χ4n) is 3.21.